The van der Waals surface area contributed by atoms with Gasteiger partial charge < -0.3 is 0 Å². The Morgan fingerprint density at radius 2 is 1.16 bits per heavy atom. The topological polar surface area (TPSA) is 30.9 Å². The minimum absolute atomic E-state index is 0.116. The van der Waals surface area contributed by atoms with E-state index >= 15 is 0 Å². The van der Waals surface area contributed by atoms with E-state index in [2.05, 4.69) is 143 Å². The Bertz CT molecular complexity index is 1840. The predicted molar refractivity (Wildman–Crippen MR) is 217 cm³/mol. The Hall–Kier alpha value is -3.24. The first kappa shape index (κ1) is 35.6. The number of nitrogens with two attached hydrogens (primary N) is 1. The third-order valence-corrected chi connectivity index (χ3v) is 27.7. The summed E-state index contributed by atoms with van der Waals surface area (Å²) in [5, 5.41) is 0. The van der Waals surface area contributed by atoms with Crippen LogP contribution >= 0.6 is 0 Å². The second kappa shape index (κ2) is 15.3. The number of unbranched alkanes of at least 4 members (excludes halogenated alkanes) is 3. The van der Waals surface area contributed by atoms with E-state index in [1.807, 2.05) is 0 Å². The molecule has 1 aliphatic rings. The zero-order chi connectivity index (χ0) is 34.6. The summed E-state index contributed by atoms with van der Waals surface area (Å²) >= 11 is -2.75. The molecule has 0 radical (unpaired) electrons. The molecule has 5 aromatic rings. The van der Waals surface area contributed by atoms with Crippen molar-refractivity contribution in [1.82, 2.24) is 4.57 Å². The summed E-state index contributed by atoms with van der Waals surface area (Å²) in [6.45, 7) is 11.9. The molecule has 3 heteroatoms. The van der Waals surface area contributed by atoms with Crippen LogP contribution in [-0.4, -0.2) is 22.9 Å². The van der Waals surface area contributed by atoms with Crippen LogP contribution in [-0.2, 0) is 12.5 Å². The van der Waals surface area contributed by atoms with Crippen LogP contribution in [0.15, 0.2) is 97.1 Å². The van der Waals surface area contributed by atoms with Gasteiger partial charge in [0.05, 0.1) is 0 Å². The van der Waals surface area contributed by atoms with Crippen LogP contribution in [0.25, 0.3) is 44.6 Å². The maximum absolute atomic E-state index is 6.56. The molecule has 0 saturated heterocycles. The Balaban J connectivity index is 1.74. The molecule has 0 bridgehead atoms. The van der Waals surface area contributed by atoms with Gasteiger partial charge in [-0.1, -0.05) is 0 Å². The van der Waals surface area contributed by atoms with Crippen molar-refractivity contribution in [2.75, 3.05) is 5.73 Å². The van der Waals surface area contributed by atoms with Crippen molar-refractivity contribution in [1.29, 1.82) is 0 Å². The van der Waals surface area contributed by atoms with E-state index in [0.29, 0.717) is 0 Å². The van der Waals surface area contributed by atoms with E-state index in [-0.39, 0.29) is 5.41 Å². The maximum atomic E-state index is 6.56. The van der Waals surface area contributed by atoms with Crippen molar-refractivity contribution >= 4 is 27.8 Å². The fraction of sp³-hybridized carbons (Fsp3) is 0.391. The van der Waals surface area contributed by atoms with Crippen molar-refractivity contribution in [3.63, 3.8) is 0 Å². The number of hydrogen-bond acceptors (Lipinski definition) is 1. The van der Waals surface area contributed by atoms with Gasteiger partial charge in [-0.3, -0.25) is 0 Å². The summed E-state index contributed by atoms with van der Waals surface area (Å²) in [6.07, 6.45) is 10.0. The van der Waals surface area contributed by atoms with E-state index in [4.69, 9.17) is 5.73 Å². The van der Waals surface area contributed by atoms with Gasteiger partial charge >= 0.3 is 303 Å². The van der Waals surface area contributed by atoms with Gasteiger partial charge in [0.1, 0.15) is 0 Å². The zero-order valence-electron chi connectivity index (χ0n) is 31.0. The summed E-state index contributed by atoms with van der Waals surface area (Å²) in [6, 6.07) is 36.8. The minimum atomic E-state index is -2.75. The normalized spacial score (nSPS) is 13.4. The Morgan fingerprint density at radius 1 is 0.592 bits per heavy atom. The first-order valence-corrected chi connectivity index (χ1v) is 26.8. The molecule has 0 amide bonds. The SMILES string of the molecule is CCC[CH2][Sn]([CH2]CCC)([CH2]CCC)[c]1ccc(-c2c(-c3ccccc3)cc3c(c2-c2ccccc2)C(CC)(CC)c2cc(N)ccc2-3)n1C. The van der Waals surface area contributed by atoms with E-state index in [9.17, 15) is 0 Å². The quantitative estimate of drug-likeness (QED) is 0.0837. The number of fused-ring (bicyclic) bond motifs is 3. The number of benzene rings is 4. The monoisotopic (exact) mass is 758 g/mol. The van der Waals surface area contributed by atoms with E-state index < -0.39 is 18.4 Å². The van der Waals surface area contributed by atoms with Crippen LogP contribution in [0.3, 0.4) is 0 Å². The summed E-state index contributed by atoms with van der Waals surface area (Å²) in [5.41, 5.74) is 21.0. The van der Waals surface area contributed by atoms with Crippen LogP contribution in [0.4, 0.5) is 5.69 Å². The van der Waals surface area contributed by atoms with E-state index in [0.717, 1.165) is 18.5 Å². The molecule has 0 atom stereocenters. The second-order valence-electron chi connectivity index (χ2n) is 14.7. The molecule has 1 heterocycles. The van der Waals surface area contributed by atoms with Gasteiger partial charge in [0.15, 0.2) is 0 Å². The van der Waals surface area contributed by atoms with Gasteiger partial charge in [-0.2, -0.15) is 0 Å². The first-order valence-electron chi connectivity index (χ1n) is 19.3. The second-order valence-corrected chi connectivity index (χ2v) is 27.7. The summed E-state index contributed by atoms with van der Waals surface area (Å²) in [7, 11) is 2.42. The number of nitrogen functional groups attached to an aromatic ring is 1. The molecule has 0 saturated carbocycles. The number of hydrogen-bond donors (Lipinski definition) is 1. The summed E-state index contributed by atoms with van der Waals surface area (Å²) in [5.74, 6) is 0. The van der Waals surface area contributed by atoms with Gasteiger partial charge in [0, 0.05) is 0 Å². The van der Waals surface area contributed by atoms with Crippen LogP contribution in [0, 0.1) is 0 Å². The summed E-state index contributed by atoms with van der Waals surface area (Å²) in [4.78, 5) is 0. The van der Waals surface area contributed by atoms with Crippen molar-refractivity contribution in [2.24, 2.45) is 7.05 Å². The molecular formula is C46H58N2Sn. The van der Waals surface area contributed by atoms with Crippen LogP contribution < -0.4 is 9.44 Å². The average molecular weight is 758 g/mol. The predicted octanol–water partition coefficient (Wildman–Crippen LogP) is 12.8. The van der Waals surface area contributed by atoms with Gasteiger partial charge in [-0.25, -0.2) is 0 Å². The zero-order valence-corrected chi connectivity index (χ0v) is 33.9. The molecule has 0 fully saturated rings. The molecule has 49 heavy (non-hydrogen) atoms. The standard InChI is InChI=1S/C34H31N2.3C4H9.Sn/c1-4-34(5-2)29-21-25(35)18-19-26(29)28-22-27(23-13-8-6-9-14-23)32(30-17-12-20-36(30)3)31(33(28)34)24-15-10-7-11-16-24;3*1-3-4-2;/h6-19,21-22H,4-5,35H2,1-3H3;3*1,3-4H2,2H3;. The average Bonchev–Trinajstić information content (AvgIpc) is 3.66. The van der Waals surface area contributed by atoms with Crippen molar-refractivity contribution in [2.45, 2.75) is 105 Å². The Labute approximate surface area is 301 Å². The molecule has 2 nitrogen and oxygen atoms in total. The molecule has 1 aliphatic carbocycles. The number of aromatic nitrogens is 1. The molecule has 0 spiro atoms. The third-order valence-electron chi connectivity index (χ3n) is 12.0. The molecule has 0 unspecified atom stereocenters. The van der Waals surface area contributed by atoms with E-state index in [1.54, 1.807) is 3.71 Å². The fourth-order valence-electron chi connectivity index (χ4n) is 9.31. The molecule has 0 aliphatic heterocycles. The van der Waals surface area contributed by atoms with E-state index in [1.165, 1.54) is 108 Å². The first-order chi connectivity index (χ1) is 23.9. The molecule has 256 valence electrons. The van der Waals surface area contributed by atoms with Gasteiger partial charge in [-0.05, 0) is 0 Å². The Morgan fingerprint density at radius 3 is 1.71 bits per heavy atom. The Kier molecular flexibility index (Phi) is 11.1. The molecule has 4 aromatic carbocycles. The van der Waals surface area contributed by atoms with Gasteiger partial charge in [0.25, 0.3) is 0 Å². The number of nitrogens with zero attached hydrogens (tertiary/aromatic N) is 1. The molecular weight excluding hydrogens is 699 g/mol. The van der Waals surface area contributed by atoms with Crippen LogP contribution in [0.1, 0.15) is 97.1 Å². The van der Waals surface area contributed by atoms with Crippen molar-refractivity contribution < 1.29 is 0 Å². The van der Waals surface area contributed by atoms with Crippen molar-refractivity contribution in [3.05, 3.63) is 108 Å². The fourth-order valence-corrected chi connectivity index (χ4v) is 26.1. The van der Waals surface area contributed by atoms with Crippen molar-refractivity contribution in [3.8, 4) is 44.6 Å². The third kappa shape index (κ3) is 6.32. The number of rotatable bonds is 15. The van der Waals surface area contributed by atoms with Crippen LogP contribution in [0.5, 0.6) is 0 Å². The number of anilines is 1. The van der Waals surface area contributed by atoms with Gasteiger partial charge in [-0.15, -0.1) is 0 Å². The van der Waals surface area contributed by atoms with Gasteiger partial charge in [0.2, 0.25) is 0 Å². The molecule has 6 rings (SSSR count). The summed E-state index contributed by atoms with van der Waals surface area (Å²) < 4.78 is 8.84. The van der Waals surface area contributed by atoms with Crippen LogP contribution in [0.2, 0.25) is 13.3 Å². The molecule has 1 aromatic heterocycles. The molecule has 2 N–H and O–H groups in total.